The van der Waals surface area contributed by atoms with Gasteiger partial charge in [-0.1, -0.05) is 0 Å². The fourth-order valence-corrected chi connectivity index (χ4v) is 7.25. The SMILES string of the molecule is CC(=O)N[C@H](CC(=O)O)C(=O)N[C@H](CO)C(=O)N[C@H](CCC(=O)O)C(=O)N[C@H](CC(=O)O)C(=O)N[C@H](CC(N)=O)C(=O)N[C@H](CCCCN)C(=O)N[C@H](CC(=O)O)C(=O)N[C@H](CCC(=O)O)C(=O)N[C@H](CCC(=O)O)C(=O)N[C@H](CC(N)=O)C(N)=O. The molecule has 0 aliphatic carbocycles. The maximum atomic E-state index is 14.0. The fourth-order valence-electron chi connectivity index (χ4n) is 7.25. The Morgan fingerprint density at radius 1 is 0.314 bits per heavy atom. The topological polar surface area (TPSA) is 690 Å². The molecule has 0 fully saturated rings. The summed E-state index contributed by atoms with van der Waals surface area (Å²) in [6.45, 7) is -0.379. The minimum absolute atomic E-state index is 0.0323. The van der Waals surface area contributed by atoms with E-state index in [0.29, 0.717) is 0 Å². The first-order valence-corrected chi connectivity index (χ1v) is 25.5. The zero-order valence-electron chi connectivity index (χ0n) is 45.8. The number of amides is 13. The Labute approximate surface area is 485 Å². The Hall–Kier alpha value is -10.1. The minimum Gasteiger partial charge on any atom is -0.481 e. The first-order valence-electron chi connectivity index (χ1n) is 25.5. The molecule has 0 aliphatic heterocycles. The minimum atomic E-state index is -2.30. The Balaban J connectivity index is 7.00. The molecule has 0 spiro atoms. The number of unbranched alkanes of at least 4 members (excludes halogenated alkanes) is 1. The van der Waals surface area contributed by atoms with Gasteiger partial charge in [-0.3, -0.25) is 91.1 Å². The van der Waals surface area contributed by atoms with Gasteiger partial charge in [0.15, 0.2) is 0 Å². The molecule has 0 unspecified atom stereocenters. The lowest BCUT2D eigenvalue weighted by atomic mass is 10.0. The van der Waals surface area contributed by atoms with Gasteiger partial charge in [0.2, 0.25) is 76.8 Å². The summed E-state index contributed by atoms with van der Waals surface area (Å²) in [6.07, 6.45) is -11.2. The summed E-state index contributed by atoms with van der Waals surface area (Å²) in [7, 11) is 0. The van der Waals surface area contributed by atoms with E-state index in [9.17, 15) is 122 Å². The molecule has 0 aromatic rings. The highest BCUT2D eigenvalue weighted by atomic mass is 16.4. The smallest absolute Gasteiger partial charge is 0.305 e. The van der Waals surface area contributed by atoms with Crippen LogP contribution in [0.15, 0.2) is 0 Å². The van der Waals surface area contributed by atoms with Gasteiger partial charge in [-0.15, -0.1) is 0 Å². The van der Waals surface area contributed by atoms with Gasteiger partial charge in [-0.2, -0.15) is 0 Å². The molecule has 0 saturated carbocycles. The molecule has 0 aromatic heterocycles. The van der Waals surface area contributed by atoms with Gasteiger partial charge in [0.25, 0.3) is 0 Å². The average Bonchev–Trinajstić information content (AvgIpc) is 3.30. The highest BCUT2D eigenvalue weighted by Crippen LogP contribution is 2.10. The van der Waals surface area contributed by atoms with Crippen molar-refractivity contribution in [3.05, 3.63) is 0 Å². The number of aliphatic hydroxyl groups excluding tert-OH is 1. The summed E-state index contributed by atoms with van der Waals surface area (Å²) in [4.78, 5) is 239. The van der Waals surface area contributed by atoms with E-state index in [1.807, 2.05) is 42.5 Å². The molecule has 0 heterocycles. The zero-order valence-corrected chi connectivity index (χ0v) is 45.8. The van der Waals surface area contributed by atoms with Gasteiger partial charge in [0.05, 0.1) is 38.7 Å². The number of hydrogen-bond acceptors (Lipinski definition) is 21. The summed E-state index contributed by atoms with van der Waals surface area (Å²) in [5.74, 6) is -27.7. The third-order valence-electron chi connectivity index (χ3n) is 11.4. The summed E-state index contributed by atoms with van der Waals surface area (Å²) in [5.41, 5.74) is 21.2. The van der Waals surface area contributed by atoms with E-state index in [1.165, 1.54) is 0 Å². The molecular formula is C46H70N14O26. The van der Waals surface area contributed by atoms with E-state index in [2.05, 4.69) is 10.6 Å². The third-order valence-corrected chi connectivity index (χ3v) is 11.4. The number of carbonyl (C=O) groups is 19. The first kappa shape index (κ1) is 75.8. The summed E-state index contributed by atoms with van der Waals surface area (Å²) in [6, 6.07) is -20.3. The molecule has 40 nitrogen and oxygen atoms in total. The fraction of sp³-hybridized carbons (Fsp3) is 0.587. The molecular weight excluding hydrogens is 1160 g/mol. The monoisotopic (exact) mass is 1230 g/mol. The molecule has 25 N–H and O–H groups in total. The van der Waals surface area contributed by atoms with Gasteiger partial charge >= 0.3 is 35.8 Å². The van der Waals surface area contributed by atoms with Gasteiger partial charge in [0.1, 0.15) is 60.4 Å². The van der Waals surface area contributed by atoms with E-state index >= 15 is 0 Å². The summed E-state index contributed by atoms with van der Waals surface area (Å²) in [5, 5.41) is 86.4. The number of aliphatic hydroxyl groups is 1. The lowest BCUT2D eigenvalue weighted by molar-refractivity contribution is -0.143. The van der Waals surface area contributed by atoms with Gasteiger partial charge in [-0.05, 0) is 45.1 Å². The van der Waals surface area contributed by atoms with Crippen LogP contribution in [0.4, 0.5) is 0 Å². The highest BCUT2D eigenvalue weighted by molar-refractivity contribution is 6.01. The number of nitrogens with two attached hydrogens (primary N) is 4. The molecule has 0 aromatic carbocycles. The van der Waals surface area contributed by atoms with Crippen LogP contribution >= 0.6 is 0 Å². The van der Waals surface area contributed by atoms with E-state index in [4.69, 9.17) is 28.0 Å². The molecule has 13 amide bonds. The molecule has 86 heavy (non-hydrogen) atoms. The van der Waals surface area contributed by atoms with Crippen molar-refractivity contribution in [2.75, 3.05) is 13.2 Å². The van der Waals surface area contributed by atoms with Crippen LogP contribution in [-0.2, 0) is 91.1 Å². The maximum absolute atomic E-state index is 14.0. The number of nitrogens with one attached hydrogen (secondary N) is 10. The van der Waals surface area contributed by atoms with Crippen LogP contribution in [0.3, 0.4) is 0 Å². The standard InChI is InChI=1S/C46H70N14O26/c1-18(62)51-25(14-34(71)72)43(83)60-28(17-61)46(86)55-22(7-10-33(69)70)41(81)59-27(16-36(75)76)45(85)57-24(13-30(49)64)42(82)52-19(4-2-3-11-47)38(78)58-26(15-35(73)74)44(84)54-20(5-8-31(65)66)39(79)53-21(6-9-32(67)68)40(80)56-23(37(50)77)12-29(48)63/h19-28,61H,2-17,47H2,1H3,(H2,48,63)(H2,49,64)(H2,50,77)(H,51,62)(H,52,82)(H,53,79)(H,54,84)(H,55,86)(H,56,80)(H,57,85)(H,58,78)(H,59,81)(H,60,83)(H,65,66)(H,67,68)(H,69,70)(H,71,72)(H,73,74)(H,75,76)/t19-,20-,21-,22-,23-,24-,25-,26-,27-,28-/m1/s1. The Kier molecular flexibility index (Phi) is 34.0. The van der Waals surface area contributed by atoms with Crippen LogP contribution in [0.1, 0.15) is 96.8 Å². The number of carboxylic acid groups (broad SMARTS) is 6. The number of rotatable bonds is 44. The van der Waals surface area contributed by atoms with E-state index in [1.54, 1.807) is 0 Å². The van der Waals surface area contributed by atoms with Crippen molar-refractivity contribution in [2.24, 2.45) is 22.9 Å². The van der Waals surface area contributed by atoms with Gasteiger partial charge < -0.3 is 112 Å². The predicted octanol–water partition coefficient (Wildman–Crippen LogP) is -10.8. The van der Waals surface area contributed by atoms with Crippen LogP contribution in [0.2, 0.25) is 0 Å². The quantitative estimate of drug-likeness (QED) is 0.0252. The van der Waals surface area contributed by atoms with Crippen LogP contribution in [-0.4, -0.2) is 222 Å². The number of hydrogen-bond donors (Lipinski definition) is 21. The van der Waals surface area contributed by atoms with Crippen molar-refractivity contribution >= 4 is 113 Å². The second-order valence-corrected chi connectivity index (χ2v) is 18.6. The van der Waals surface area contributed by atoms with Gasteiger partial charge in [-0.25, -0.2) is 0 Å². The predicted molar refractivity (Wildman–Crippen MR) is 279 cm³/mol. The molecule has 0 bridgehead atoms. The Bertz CT molecular complexity index is 2550. The number of aliphatic carboxylic acids is 6. The lowest BCUT2D eigenvalue weighted by Gasteiger charge is -2.27. The second-order valence-electron chi connectivity index (χ2n) is 18.6. The summed E-state index contributed by atoms with van der Waals surface area (Å²) < 4.78 is 0. The van der Waals surface area contributed by atoms with Gasteiger partial charge in [0, 0.05) is 26.2 Å². The van der Waals surface area contributed by atoms with Crippen LogP contribution < -0.4 is 76.1 Å². The van der Waals surface area contributed by atoms with Crippen molar-refractivity contribution in [1.29, 1.82) is 0 Å². The maximum Gasteiger partial charge on any atom is 0.305 e. The van der Waals surface area contributed by atoms with Crippen molar-refractivity contribution in [3.63, 3.8) is 0 Å². The van der Waals surface area contributed by atoms with Crippen LogP contribution in [0.5, 0.6) is 0 Å². The molecule has 0 rings (SSSR count). The van der Waals surface area contributed by atoms with E-state index < -0.39 is 257 Å². The van der Waals surface area contributed by atoms with Crippen molar-refractivity contribution in [1.82, 2.24) is 53.2 Å². The molecule has 0 saturated heterocycles. The Morgan fingerprint density at radius 3 is 0.826 bits per heavy atom. The average molecular weight is 1240 g/mol. The largest absolute Gasteiger partial charge is 0.481 e. The molecule has 40 heteroatoms. The lowest BCUT2D eigenvalue weighted by Crippen LogP contribution is -2.61. The second kappa shape index (κ2) is 38.6. The first-order chi connectivity index (χ1) is 40.0. The number of carbonyl (C=O) groups excluding carboxylic acids is 13. The zero-order chi connectivity index (χ0) is 66.1. The summed E-state index contributed by atoms with van der Waals surface area (Å²) >= 11 is 0. The Morgan fingerprint density at radius 2 is 0.558 bits per heavy atom. The van der Waals surface area contributed by atoms with Crippen molar-refractivity contribution in [3.8, 4) is 0 Å². The number of primary amides is 3. The molecule has 10 atom stereocenters. The molecule has 480 valence electrons. The molecule has 0 aliphatic rings. The van der Waals surface area contributed by atoms with Crippen LogP contribution in [0.25, 0.3) is 0 Å². The van der Waals surface area contributed by atoms with Crippen LogP contribution in [0, 0.1) is 0 Å². The van der Waals surface area contributed by atoms with E-state index in [0.717, 1.165) is 6.92 Å². The van der Waals surface area contributed by atoms with Crippen molar-refractivity contribution in [2.45, 2.75) is 157 Å². The number of carboxylic acids is 6. The normalized spacial score (nSPS) is 14.2. The highest BCUT2D eigenvalue weighted by Gasteiger charge is 2.38. The van der Waals surface area contributed by atoms with E-state index in [-0.39, 0.29) is 19.4 Å². The molecule has 0 radical (unpaired) electrons. The third kappa shape index (κ3) is 31.3. The van der Waals surface area contributed by atoms with Crippen molar-refractivity contribution < 1.29 is 127 Å².